The Morgan fingerprint density at radius 3 is 2.21 bits per heavy atom. The molecule has 146 valence electrons. The van der Waals surface area contributed by atoms with Crippen LogP contribution in [-0.2, 0) is 4.79 Å². The fourth-order valence-corrected chi connectivity index (χ4v) is 3.25. The Morgan fingerprint density at radius 2 is 1.64 bits per heavy atom. The molecule has 1 aliphatic rings. The van der Waals surface area contributed by atoms with E-state index in [4.69, 9.17) is 11.6 Å². The Labute approximate surface area is 167 Å². The summed E-state index contributed by atoms with van der Waals surface area (Å²) in [6.07, 6.45) is 0. The van der Waals surface area contributed by atoms with E-state index in [1.807, 2.05) is 4.90 Å². The van der Waals surface area contributed by atoms with Crippen LogP contribution in [0.25, 0.3) is 0 Å². The van der Waals surface area contributed by atoms with Gasteiger partial charge in [-0.1, -0.05) is 11.6 Å². The second-order valence-corrected chi connectivity index (χ2v) is 6.93. The first-order chi connectivity index (χ1) is 13.3. The predicted octanol–water partition coefficient (Wildman–Crippen LogP) is 2.96. The van der Waals surface area contributed by atoms with Crippen LogP contribution in [0, 0.1) is 0 Å². The minimum atomic E-state index is -1.08. The molecule has 1 fully saturated rings. The van der Waals surface area contributed by atoms with Crippen LogP contribution in [0.3, 0.4) is 0 Å². The summed E-state index contributed by atoms with van der Waals surface area (Å²) in [5.74, 6) is -1.42. The molecule has 0 saturated carbocycles. The zero-order valence-corrected chi connectivity index (χ0v) is 16.1. The largest absolute Gasteiger partial charge is 0.478 e. The van der Waals surface area contributed by atoms with Crippen molar-refractivity contribution in [1.29, 1.82) is 0 Å². The number of hydrogen-bond acceptors (Lipinski definition) is 4. The molecule has 2 aromatic carbocycles. The Bertz CT molecular complexity index is 906. The average Bonchev–Trinajstić information content (AvgIpc) is 2.68. The highest BCUT2D eigenvalue weighted by Gasteiger charge is 2.23. The van der Waals surface area contributed by atoms with E-state index in [0.29, 0.717) is 48.1 Å². The predicted molar refractivity (Wildman–Crippen MR) is 107 cm³/mol. The van der Waals surface area contributed by atoms with Gasteiger partial charge in [0.1, 0.15) is 0 Å². The fraction of sp³-hybridized carbons (Fsp3) is 0.250. The summed E-state index contributed by atoms with van der Waals surface area (Å²) >= 11 is 5.83. The number of carboxylic acids is 1. The second-order valence-electron chi connectivity index (χ2n) is 6.49. The molecule has 0 aromatic heterocycles. The lowest BCUT2D eigenvalue weighted by Crippen LogP contribution is -2.48. The molecule has 0 radical (unpaired) electrons. The number of hydrogen-bond donors (Lipinski definition) is 2. The van der Waals surface area contributed by atoms with Crippen LogP contribution < -0.4 is 10.2 Å². The molecule has 1 aliphatic heterocycles. The summed E-state index contributed by atoms with van der Waals surface area (Å²) < 4.78 is 0. The number of piperazine rings is 1. The van der Waals surface area contributed by atoms with E-state index in [2.05, 4.69) is 5.32 Å². The van der Waals surface area contributed by atoms with Crippen LogP contribution in [0.4, 0.5) is 11.4 Å². The van der Waals surface area contributed by atoms with Gasteiger partial charge >= 0.3 is 5.97 Å². The van der Waals surface area contributed by atoms with E-state index in [0.717, 1.165) is 0 Å². The highest BCUT2D eigenvalue weighted by atomic mass is 35.5. The topological polar surface area (TPSA) is 90.0 Å². The van der Waals surface area contributed by atoms with Gasteiger partial charge < -0.3 is 20.2 Å². The van der Waals surface area contributed by atoms with E-state index in [1.165, 1.54) is 13.0 Å². The maximum Gasteiger partial charge on any atom is 0.337 e. The first-order valence-corrected chi connectivity index (χ1v) is 9.17. The summed E-state index contributed by atoms with van der Waals surface area (Å²) in [5.41, 5.74) is 1.49. The normalized spacial score (nSPS) is 13.9. The van der Waals surface area contributed by atoms with Gasteiger partial charge in [0, 0.05) is 49.4 Å². The number of nitrogens with zero attached hydrogens (tertiary/aromatic N) is 2. The van der Waals surface area contributed by atoms with E-state index < -0.39 is 5.97 Å². The van der Waals surface area contributed by atoms with Crippen LogP contribution in [0.1, 0.15) is 27.6 Å². The number of benzene rings is 2. The summed E-state index contributed by atoms with van der Waals surface area (Å²) in [4.78, 5) is 39.2. The SMILES string of the molecule is CC(=O)N1CCN(c2ccc(NC(=O)c3ccc(Cl)cc3)cc2C(=O)O)CC1. The molecule has 1 heterocycles. The Morgan fingerprint density at radius 1 is 1.00 bits per heavy atom. The number of aromatic carboxylic acids is 1. The maximum absolute atomic E-state index is 12.3. The van der Waals surface area contributed by atoms with Gasteiger partial charge in [-0.3, -0.25) is 9.59 Å². The first-order valence-electron chi connectivity index (χ1n) is 8.80. The molecular formula is C20H20ClN3O4. The van der Waals surface area contributed by atoms with Gasteiger partial charge in [0.05, 0.1) is 11.3 Å². The lowest BCUT2D eigenvalue weighted by Gasteiger charge is -2.36. The Hall–Kier alpha value is -3.06. The smallest absolute Gasteiger partial charge is 0.337 e. The minimum absolute atomic E-state index is 0.0124. The van der Waals surface area contributed by atoms with Gasteiger partial charge in [0.2, 0.25) is 5.91 Å². The molecule has 2 amide bonds. The van der Waals surface area contributed by atoms with E-state index in [-0.39, 0.29) is 17.4 Å². The van der Waals surface area contributed by atoms with Gasteiger partial charge in [-0.15, -0.1) is 0 Å². The molecule has 3 rings (SSSR count). The highest BCUT2D eigenvalue weighted by Crippen LogP contribution is 2.26. The lowest BCUT2D eigenvalue weighted by molar-refractivity contribution is -0.129. The Balaban J connectivity index is 1.78. The van der Waals surface area contributed by atoms with Crippen molar-refractivity contribution in [2.45, 2.75) is 6.92 Å². The molecule has 0 aliphatic carbocycles. The van der Waals surface area contributed by atoms with Crippen molar-refractivity contribution < 1.29 is 19.5 Å². The quantitative estimate of drug-likeness (QED) is 0.822. The van der Waals surface area contributed by atoms with Gasteiger partial charge in [-0.2, -0.15) is 0 Å². The third-order valence-electron chi connectivity index (χ3n) is 4.66. The van der Waals surface area contributed by atoms with Crippen LogP contribution in [0.2, 0.25) is 5.02 Å². The van der Waals surface area contributed by atoms with E-state index in [1.54, 1.807) is 41.3 Å². The number of rotatable bonds is 4. The molecule has 0 atom stereocenters. The van der Waals surface area contributed by atoms with E-state index in [9.17, 15) is 19.5 Å². The minimum Gasteiger partial charge on any atom is -0.478 e. The molecule has 2 aromatic rings. The molecule has 0 unspecified atom stereocenters. The molecule has 28 heavy (non-hydrogen) atoms. The monoisotopic (exact) mass is 401 g/mol. The number of carboxylic acid groups (broad SMARTS) is 1. The highest BCUT2D eigenvalue weighted by molar-refractivity contribution is 6.30. The third-order valence-corrected chi connectivity index (χ3v) is 4.91. The summed E-state index contributed by atoms with van der Waals surface area (Å²) in [5, 5.41) is 12.9. The first kappa shape index (κ1) is 19.7. The molecule has 2 N–H and O–H groups in total. The number of carbonyl (C=O) groups excluding carboxylic acids is 2. The van der Waals surface area contributed by atoms with Crippen molar-refractivity contribution in [3.05, 3.63) is 58.6 Å². The van der Waals surface area contributed by atoms with Crippen molar-refractivity contribution in [3.63, 3.8) is 0 Å². The summed E-state index contributed by atoms with van der Waals surface area (Å²) in [6, 6.07) is 11.2. The van der Waals surface area contributed by atoms with Crippen molar-refractivity contribution in [1.82, 2.24) is 4.90 Å². The standard InChI is InChI=1S/C20H20ClN3O4/c1-13(25)23-8-10-24(11-9-23)18-7-6-16(12-17(18)20(27)28)22-19(26)14-2-4-15(21)5-3-14/h2-7,12H,8-11H2,1H3,(H,22,26)(H,27,28). The van der Waals surface area contributed by atoms with Crippen molar-refractivity contribution in [2.24, 2.45) is 0 Å². The number of halogens is 1. The molecule has 1 saturated heterocycles. The lowest BCUT2D eigenvalue weighted by atomic mass is 10.1. The fourth-order valence-electron chi connectivity index (χ4n) is 3.13. The maximum atomic E-state index is 12.3. The Kier molecular flexibility index (Phi) is 5.84. The van der Waals surface area contributed by atoms with Crippen LogP contribution >= 0.6 is 11.6 Å². The zero-order valence-electron chi connectivity index (χ0n) is 15.3. The molecule has 7 nitrogen and oxygen atoms in total. The van der Waals surface area contributed by atoms with Crippen LogP contribution in [0.15, 0.2) is 42.5 Å². The van der Waals surface area contributed by atoms with Crippen LogP contribution in [0.5, 0.6) is 0 Å². The van der Waals surface area contributed by atoms with E-state index >= 15 is 0 Å². The van der Waals surface area contributed by atoms with Crippen molar-refractivity contribution in [2.75, 3.05) is 36.4 Å². The third kappa shape index (κ3) is 4.43. The molecular weight excluding hydrogens is 382 g/mol. The molecule has 8 heteroatoms. The molecule has 0 spiro atoms. The van der Waals surface area contributed by atoms with Crippen molar-refractivity contribution >= 4 is 40.8 Å². The number of carbonyl (C=O) groups is 3. The average molecular weight is 402 g/mol. The summed E-state index contributed by atoms with van der Waals surface area (Å²) in [6.45, 7) is 3.72. The van der Waals surface area contributed by atoms with Crippen molar-refractivity contribution in [3.8, 4) is 0 Å². The zero-order chi connectivity index (χ0) is 20.3. The molecule has 0 bridgehead atoms. The number of anilines is 2. The van der Waals surface area contributed by atoms with Gasteiger partial charge in [0.15, 0.2) is 0 Å². The van der Waals surface area contributed by atoms with Gasteiger partial charge in [0.25, 0.3) is 5.91 Å². The second kappa shape index (κ2) is 8.31. The van der Waals surface area contributed by atoms with Gasteiger partial charge in [-0.05, 0) is 42.5 Å². The number of amides is 2. The number of nitrogens with one attached hydrogen (secondary N) is 1. The van der Waals surface area contributed by atoms with Crippen LogP contribution in [-0.4, -0.2) is 54.0 Å². The summed E-state index contributed by atoms with van der Waals surface area (Å²) in [7, 11) is 0. The van der Waals surface area contributed by atoms with Gasteiger partial charge in [-0.25, -0.2) is 4.79 Å².